The van der Waals surface area contributed by atoms with E-state index in [-0.39, 0.29) is 23.0 Å². The summed E-state index contributed by atoms with van der Waals surface area (Å²) in [6.07, 6.45) is 7.94. The molecule has 1 spiro atoms. The fourth-order valence-electron chi connectivity index (χ4n) is 7.30. The van der Waals surface area contributed by atoms with Gasteiger partial charge in [-0.3, -0.25) is 4.98 Å². The lowest BCUT2D eigenvalue weighted by atomic mass is 9.78. The van der Waals surface area contributed by atoms with E-state index in [2.05, 4.69) is 25.1 Å². The third-order valence-corrected chi connectivity index (χ3v) is 9.57. The standard InChI is InChI=1S/C32H33FN6O2/c33-27-28(23-17-21(40)16-20-4-1-2-5-22(20)23)35-18-24-29(27)36-31(41-26-7-13-38-12-3-6-25(26)38)37-30(24)39-14-9-32(10-15-39)8-11-34-19-32/h1-2,4-5,16-18,34,40H,3,6-15,19H2. The molecule has 210 valence electrons. The van der Waals surface area contributed by atoms with Crippen LogP contribution in [0, 0.1) is 11.2 Å². The van der Waals surface area contributed by atoms with Gasteiger partial charge in [-0.25, -0.2) is 4.39 Å². The first-order valence-electron chi connectivity index (χ1n) is 14.8. The van der Waals surface area contributed by atoms with Crippen molar-refractivity contribution in [3.05, 3.63) is 59.9 Å². The molecule has 0 unspecified atom stereocenters. The molecule has 0 radical (unpaired) electrons. The Morgan fingerprint density at radius 2 is 1.83 bits per heavy atom. The maximum absolute atomic E-state index is 16.6. The lowest BCUT2D eigenvalue weighted by molar-refractivity contribution is 0.247. The van der Waals surface area contributed by atoms with E-state index in [1.165, 1.54) is 12.1 Å². The Hall–Kier alpha value is -3.98. The normalized spacial score (nSPS) is 20.1. The van der Waals surface area contributed by atoms with Crippen LogP contribution in [0.1, 0.15) is 38.5 Å². The maximum Gasteiger partial charge on any atom is 0.324 e. The van der Waals surface area contributed by atoms with E-state index in [1.807, 2.05) is 24.3 Å². The Balaban J connectivity index is 1.26. The van der Waals surface area contributed by atoms with Crippen molar-refractivity contribution in [2.24, 2.45) is 5.41 Å². The predicted octanol–water partition coefficient (Wildman–Crippen LogP) is 5.36. The van der Waals surface area contributed by atoms with Crippen LogP contribution in [-0.4, -0.2) is 64.2 Å². The number of nitrogens with one attached hydrogen (secondary N) is 1. The zero-order chi connectivity index (χ0) is 27.6. The Morgan fingerprint density at radius 1 is 0.951 bits per heavy atom. The van der Waals surface area contributed by atoms with Crippen LogP contribution in [0.2, 0.25) is 0 Å². The second-order valence-corrected chi connectivity index (χ2v) is 12.0. The van der Waals surface area contributed by atoms with Gasteiger partial charge in [0.05, 0.1) is 11.1 Å². The number of piperidine rings is 1. The van der Waals surface area contributed by atoms with Crippen LogP contribution in [-0.2, 0) is 0 Å². The molecule has 41 heavy (non-hydrogen) atoms. The number of phenolic OH excluding ortho intramolecular Hbond substituents is 1. The van der Waals surface area contributed by atoms with Crippen LogP contribution in [0.25, 0.3) is 32.9 Å². The minimum Gasteiger partial charge on any atom is -0.508 e. The van der Waals surface area contributed by atoms with Crippen LogP contribution < -0.4 is 15.0 Å². The van der Waals surface area contributed by atoms with Gasteiger partial charge in [0.2, 0.25) is 0 Å². The molecule has 2 aromatic heterocycles. The van der Waals surface area contributed by atoms with Gasteiger partial charge in [0.1, 0.15) is 28.5 Å². The highest BCUT2D eigenvalue weighted by Crippen LogP contribution is 2.41. The number of hydrogen-bond acceptors (Lipinski definition) is 8. The number of pyridine rings is 1. The van der Waals surface area contributed by atoms with Crippen LogP contribution in [0.15, 0.2) is 54.1 Å². The number of anilines is 1. The Kier molecular flexibility index (Phi) is 5.77. The molecule has 2 aromatic carbocycles. The van der Waals surface area contributed by atoms with E-state index in [4.69, 9.17) is 9.72 Å². The summed E-state index contributed by atoms with van der Waals surface area (Å²) in [4.78, 5) is 18.8. The lowest BCUT2D eigenvalue weighted by Crippen LogP contribution is -2.41. The quantitative estimate of drug-likeness (QED) is 0.350. The molecule has 4 aliphatic heterocycles. The molecule has 4 aliphatic rings. The predicted molar refractivity (Wildman–Crippen MR) is 156 cm³/mol. The number of phenols is 1. The number of fused-ring (bicyclic) bond motifs is 3. The fourth-order valence-corrected chi connectivity index (χ4v) is 7.30. The van der Waals surface area contributed by atoms with Crippen molar-refractivity contribution in [3.63, 3.8) is 0 Å². The molecule has 0 saturated carbocycles. The Labute approximate surface area is 237 Å². The molecule has 0 amide bonds. The van der Waals surface area contributed by atoms with Crippen molar-refractivity contribution in [2.45, 2.75) is 38.5 Å². The third-order valence-electron chi connectivity index (χ3n) is 9.57. The summed E-state index contributed by atoms with van der Waals surface area (Å²) in [7, 11) is 0. The van der Waals surface area contributed by atoms with Crippen LogP contribution in [0.5, 0.6) is 11.8 Å². The molecule has 8 nitrogen and oxygen atoms in total. The van der Waals surface area contributed by atoms with Gasteiger partial charge in [-0.2, -0.15) is 9.97 Å². The van der Waals surface area contributed by atoms with Gasteiger partial charge in [0.15, 0.2) is 5.82 Å². The van der Waals surface area contributed by atoms with Gasteiger partial charge < -0.3 is 25.0 Å². The number of rotatable bonds is 4. The molecule has 0 atom stereocenters. The van der Waals surface area contributed by atoms with Crippen LogP contribution >= 0.6 is 0 Å². The molecule has 9 heteroatoms. The Morgan fingerprint density at radius 3 is 2.68 bits per heavy atom. The molecule has 3 saturated heterocycles. The molecule has 2 N–H and O–H groups in total. The van der Waals surface area contributed by atoms with E-state index < -0.39 is 5.82 Å². The summed E-state index contributed by atoms with van der Waals surface area (Å²) in [6, 6.07) is 11.0. The zero-order valence-corrected chi connectivity index (χ0v) is 23.0. The highest BCUT2D eigenvalue weighted by atomic mass is 19.1. The Bertz CT molecular complexity index is 1710. The molecule has 4 aromatic rings. The van der Waals surface area contributed by atoms with Crippen LogP contribution in [0.3, 0.4) is 0 Å². The zero-order valence-electron chi connectivity index (χ0n) is 23.0. The maximum atomic E-state index is 16.6. The first-order valence-corrected chi connectivity index (χ1v) is 14.8. The summed E-state index contributed by atoms with van der Waals surface area (Å²) in [5.74, 6) is 1.10. The van der Waals surface area contributed by atoms with E-state index >= 15 is 4.39 Å². The second kappa shape index (κ2) is 9.55. The van der Waals surface area contributed by atoms with Gasteiger partial charge in [0.25, 0.3) is 0 Å². The highest BCUT2D eigenvalue weighted by molar-refractivity contribution is 5.99. The smallest absolute Gasteiger partial charge is 0.324 e. The first kappa shape index (κ1) is 24.8. The lowest BCUT2D eigenvalue weighted by Gasteiger charge is -2.39. The summed E-state index contributed by atoms with van der Waals surface area (Å²) in [5.41, 5.74) is 2.44. The topological polar surface area (TPSA) is 86.6 Å². The molecular weight excluding hydrogens is 519 g/mol. The van der Waals surface area contributed by atoms with Crippen molar-refractivity contribution in [3.8, 4) is 23.0 Å². The van der Waals surface area contributed by atoms with E-state index in [1.54, 1.807) is 18.3 Å². The number of benzene rings is 2. The average molecular weight is 553 g/mol. The van der Waals surface area contributed by atoms with Gasteiger partial charge in [0, 0.05) is 50.9 Å². The molecule has 6 heterocycles. The fraction of sp³-hybridized carbons (Fsp3) is 0.406. The second-order valence-electron chi connectivity index (χ2n) is 12.0. The third kappa shape index (κ3) is 4.17. The number of ether oxygens (including phenoxy) is 1. The largest absolute Gasteiger partial charge is 0.508 e. The van der Waals surface area contributed by atoms with Crippen LogP contribution in [0.4, 0.5) is 10.2 Å². The molecule has 8 rings (SSSR count). The van der Waals surface area contributed by atoms with E-state index in [0.717, 1.165) is 87.9 Å². The molecule has 0 aliphatic carbocycles. The van der Waals surface area contributed by atoms with Crippen molar-refractivity contribution in [1.29, 1.82) is 0 Å². The number of aromatic nitrogens is 3. The monoisotopic (exact) mass is 552 g/mol. The van der Waals surface area contributed by atoms with Gasteiger partial charge in [-0.05, 0) is 67.0 Å². The summed E-state index contributed by atoms with van der Waals surface area (Å²) >= 11 is 0. The first-order chi connectivity index (χ1) is 20.1. The van der Waals surface area contributed by atoms with Crippen molar-refractivity contribution in [1.82, 2.24) is 25.2 Å². The SMILES string of the molecule is Oc1cc(-c2ncc3c(N4CCC5(CCNC5)CC4)nc(OC4=C5CCCN5CC4)nc3c2F)c2ccccc2c1. The van der Waals surface area contributed by atoms with Crippen molar-refractivity contribution in [2.75, 3.05) is 44.2 Å². The average Bonchev–Trinajstić information content (AvgIpc) is 3.73. The summed E-state index contributed by atoms with van der Waals surface area (Å²) < 4.78 is 22.9. The minimum absolute atomic E-state index is 0.0619. The molecule has 0 bridgehead atoms. The van der Waals surface area contributed by atoms with Gasteiger partial charge in [-0.1, -0.05) is 24.3 Å². The number of halogens is 1. The van der Waals surface area contributed by atoms with Gasteiger partial charge >= 0.3 is 6.01 Å². The number of allylic oxidation sites excluding steroid dienone is 1. The van der Waals surface area contributed by atoms with Gasteiger partial charge in [-0.15, -0.1) is 0 Å². The minimum atomic E-state index is -0.535. The van der Waals surface area contributed by atoms with E-state index in [9.17, 15) is 5.11 Å². The molecule has 3 fully saturated rings. The number of nitrogens with zero attached hydrogens (tertiary/aromatic N) is 5. The van der Waals surface area contributed by atoms with Crippen molar-refractivity contribution < 1.29 is 14.2 Å². The van der Waals surface area contributed by atoms with E-state index in [0.29, 0.717) is 22.2 Å². The summed E-state index contributed by atoms with van der Waals surface area (Å²) in [5, 5.41) is 16.2. The number of aromatic hydroxyl groups is 1. The number of hydrogen-bond donors (Lipinski definition) is 2. The van der Waals surface area contributed by atoms with Crippen molar-refractivity contribution >= 4 is 27.5 Å². The highest BCUT2D eigenvalue weighted by Gasteiger charge is 2.38. The summed E-state index contributed by atoms with van der Waals surface area (Å²) in [6.45, 7) is 5.82. The molecular formula is C32H33FN6O2.